The Morgan fingerprint density at radius 1 is 1.20 bits per heavy atom. The number of hydrogen-bond acceptors (Lipinski definition) is 3. The summed E-state index contributed by atoms with van der Waals surface area (Å²) in [5.41, 5.74) is 1.88. The zero-order chi connectivity index (χ0) is 14.2. The van der Waals surface area contributed by atoms with E-state index in [9.17, 15) is 0 Å². The molecule has 2 aliphatic heterocycles. The Bertz CT molecular complexity index is 446. The highest BCUT2D eigenvalue weighted by molar-refractivity contribution is 5.04. The van der Waals surface area contributed by atoms with Crippen molar-refractivity contribution in [3.05, 3.63) is 18.0 Å². The van der Waals surface area contributed by atoms with Crippen LogP contribution in [0.5, 0.6) is 0 Å². The third-order valence-corrected chi connectivity index (χ3v) is 5.11. The highest BCUT2D eigenvalue weighted by atomic mass is 16.5. The fourth-order valence-electron chi connectivity index (χ4n) is 3.45. The minimum atomic E-state index is 0.0953. The van der Waals surface area contributed by atoms with Crippen LogP contribution in [-0.4, -0.2) is 40.0 Å². The molecular weight excluding hydrogens is 250 g/mol. The number of aryl methyl sites for hydroxylation is 1. The van der Waals surface area contributed by atoms with Gasteiger partial charge in [0, 0.05) is 25.4 Å². The van der Waals surface area contributed by atoms with Crippen LogP contribution < -0.4 is 0 Å². The van der Waals surface area contributed by atoms with Crippen molar-refractivity contribution >= 4 is 0 Å². The number of nitrogens with zero attached hydrogens (tertiary/aromatic N) is 3. The Balaban J connectivity index is 1.52. The maximum atomic E-state index is 6.08. The second kappa shape index (κ2) is 5.15. The summed E-state index contributed by atoms with van der Waals surface area (Å²) in [5, 5.41) is 4.25. The Morgan fingerprint density at radius 2 is 1.95 bits per heavy atom. The van der Waals surface area contributed by atoms with E-state index < -0.39 is 0 Å². The van der Waals surface area contributed by atoms with Crippen LogP contribution in [0, 0.1) is 5.41 Å². The van der Waals surface area contributed by atoms with Gasteiger partial charge in [-0.1, -0.05) is 0 Å². The van der Waals surface area contributed by atoms with Gasteiger partial charge < -0.3 is 4.74 Å². The minimum absolute atomic E-state index is 0.0953. The van der Waals surface area contributed by atoms with Gasteiger partial charge in [0.1, 0.15) is 0 Å². The molecule has 2 fully saturated rings. The molecule has 0 bridgehead atoms. The third-order valence-electron chi connectivity index (χ3n) is 5.11. The third kappa shape index (κ3) is 3.07. The molecule has 112 valence electrons. The largest absolute Gasteiger partial charge is 0.375 e. The van der Waals surface area contributed by atoms with Crippen molar-refractivity contribution < 1.29 is 4.74 Å². The van der Waals surface area contributed by atoms with Crippen molar-refractivity contribution in [2.24, 2.45) is 12.5 Å². The molecule has 1 spiro atoms. The summed E-state index contributed by atoms with van der Waals surface area (Å²) in [7, 11) is 1.98. The zero-order valence-corrected chi connectivity index (χ0v) is 13.1. The lowest BCUT2D eigenvalue weighted by Gasteiger charge is -2.48. The van der Waals surface area contributed by atoms with Crippen LogP contribution in [0.3, 0.4) is 0 Å². The molecule has 0 radical (unpaired) electrons. The van der Waals surface area contributed by atoms with Crippen molar-refractivity contribution in [2.75, 3.05) is 19.7 Å². The molecule has 0 unspecified atom stereocenters. The van der Waals surface area contributed by atoms with Gasteiger partial charge in [0.2, 0.25) is 0 Å². The van der Waals surface area contributed by atoms with E-state index in [0.717, 1.165) is 13.2 Å². The van der Waals surface area contributed by atoms with Crippen LogP contribution in [0.1, 0.15) is 45.1 Å². The highest BCUT2D eigenvalue weighted by Gasteiger charge is 2.41. The van der Waals surface area contributed by atoms with E-state index in [1.165, 1.54) is 44.3 Å². The molecular formula is C16H27N3O. The van der Waals surface area contributed by atoms with Crippen molar-refractivity contribution in [3.63, 3.8) is 0 Å². The normalized spacial score (nSPS) is 25.9. The monoisotopic (exact) mass is 277 g/mol. The minimum Gasteiger partial charge on any atom is -0.375 e. The molecule has 2 saturated heterocycles. The zero-order valence-electron chi connectivity index (χ0n) is 13.1. The maximum absolute atomic E-state index is 6.08. The van der Waals surface area contributed by atoms with E-state index in [1.54, 1.807) is 0 Å². The lowest BCUT2D eigenvalue weighted by Crippen LogP contribution is -2.47. The van der Waals surface area contributed by atoms with Gasteiger partial charge in [0.15, 0.2) is 0 Å². The van der Waals surface area contributed by atoms with Gasteiger partial charge in [-0.05, 0) is 58.0 Å². The topological polar surface area (TPSA) is 30.3 Å². The summed E-state index contributed by atoms with van der Waals surface area (Å²) in [6.07, 6.45) is 9.20. The molecule has 0 saturated carbocycles. The molecule has 3 rings (SSSR count). The summed E-state index contributed by atoms with van der Waals surface area (Å²) in [6, 6.07) is 0. The van der Waals surface area contributed by atoms with Crippen molar-refractivity contribution in [1.82, 2.24) is 14.7 Å². The van der Waals surface area contributed by atoms with E-state index in [2.05, 4.69) is 30.0 Å². The van der Waals surface area contributed by atoms with E-state index in [1.807, 2.05) is 17.9 Å². The quantitative estimate of drug-likeness (QED) is 0.832. The van der Waals surface area contributed by atoms with Crippen molar-refractivity contribution in [1.29, 1.82) is 0 Å². The molecule has 2 aliphatic rings. The Kier molecular flexibility index (Phi) is 3.63. The SMILES string of the molecule is Cn1cc(CN2CCC3(CC2)CCC(C)(C)OC3)cn1. The van der Waals surface area contributed by atoms with E-state index in [0.29, 0.717) is 5.41 Å². The van der Waals surface area contributed by atoms with E-state index >= 15 is 0 Å². The fourth-order valence-corrected chi connectivity index (χ4v) is 3.45. The molecule has 0 amide bonds. The van der Waals surface area contributed by atoms with Gasteiger partial charge in [-0.2, -0.15) is 5.10 Å². The number of likely N-dealkylation sites (tertiary alicyclic amines) is 1. The van der Waals surface area contributed by atoms with Crippen LogP contribution >= 0.6 is 0 Å². The Labute approximate surface area is 122 Å². The smallest absolute Gasteiger partial charge is 0.0627 e. The Morgan fingerprint density at radius 3 is 2.50 bits per heavy atom. The highest BCUT2D eigenvalue weighted by Crippen LogP contribution is 2.43. The lowest BCUT2D eigenvalue weighted by atomic mass is 9.72. The maximum Gasteiger partial charge on any atom is 0.0627 e. The molecule has 4 nitrogen and oxygen atoms in total. The Hall–Kier alpha value is -0.870. The second-order valence-electron chi connectivity index (χ2n) is 7.35. The van der Waals surface area contributed by atoms with Crippen LogP contribution in [-0.2, 0) is 18.3 Å². The van der Waals surface area contributed by atoms with E-state index in [-0.39, 0.29) is 5.60 Å². The summed E-state index contributed by atoms with van der Waals surface area (Å²) in [6.45, 7) is 8.82. The van der Waals surface area contributed by atoms with E-state index in [4.69, 9.17) is 4.74 Å². The predicted molar refractivity (Wildman–Crippen MR) is 79.4 cm³/mol. The molecule has 20 heavy (non-hydrogen) atoms. The van der Waals surface area contributed by atoms with Crippen LogP contribution in [0.25, 0.3) is 0 Å². The second-order valence-corrected chi connectivity index (χ2v) is 7.35. The number of aromatic nitrogens is 2. The van der Waals surface area contributed by atoms with Gasteiger partial charge in [-0.3, -0.25) is 9.58 Å². The average Bonchev–Trinajstić information content (AvgIpc) is 2.82. The molecule has 0 aromatic carbocycles. The van der Waals surface area contributed by atoms with Gasteiger partial charge >= 0.3 is 0 Å². The van der Waals surface area contributed by atoms with Crippen LogP contribution in [0.2, 0.25) is 0 Å². The summed E-state index contributed by atoms with van der Waals surface area (Å²) >= 11 is 0. The number of piperidine rings is 1. The molecule has 3 heterocycles. The molecule has 0 aliphatic carbocycles. The molecule has 0 atom stereocenters. The molecule has 1 aromatic heterocycles. The lowest BCUT2D eigenvalue weighted by molar-refractivity contribution is -0.129. The molecule has 1 aromatic rings. The number of ether oxygens (including phenoxy) is 1. The van der Waals surface area contributed by atoms with Crippen molar-refractivity contribution in [3.8, 4) is 0 Å². The van der Waals surface area contributed by atoms with Crippen molar-refractivity contribution in [2.45, 2.75) is 51.7 Å². The average molecular weight is 277 g/mol. The van der Waals surface area contributed by atoms with Gasteiger partial charge in [-0.15, -0.1) is 0 Å². The van der Waals surface area contributed by atoms with Gasteiger partial charge in [-0.25, -0.2) is 0 Å². The van der Waals surface area contributed by atoms with Crippen LogP contribution in [0.15, 0.2) is 12.4 Å². The molecule has 0 N–H and O–H groups in total. The standard InChI is InChI=1S/C16H27N3O/c1-15(2)4-5-16(13-20-15)6-8-19(9-7-16)12-14-10-17-18(3)11-14/h10-11H,4-9,12-13H2,1-3H3. The first-order valence-corrected chi connectivity index (χ1v) is 7.80. The molecule has 4 heteroatoms. The van der Waals surface area contributed by atoms with Gasteiger partial charge in [0.25, 0.3) is 0 Å². The number of hydrogen-bond donors (Lipinski definition) is 0. The predicted octanol–water partition coefficient (Wildman–Crippen LogP) is 2.59. The first-order valence-electron chi connectivity index (χ1n) is 7.80. The first-order chi connectivity index (χ1) is 9.46. The fraction of sp³-hybridized carbons (Fsp3) is 0.812. The summed E-state index contributed by atoms with van der Waals surface area (Å²) < 4.78 is 7.97. The van der Waals surface area contributed by atoms with Crippen LogP contribution in [0.4, 0.5) is 0 Å². The summed E-state index contributed by atoms with van der Waals surface area (Å²) in [5.74, 6) is 0. The van der Waals surface area contributed by atoms with Gasteiger partial charge in [0.05, 0.1) is 18.4 Å². The first kappa shape index (κ1) is 14.1. The number of rotatable bonds is 2. The summed E-state index contributed by atoms with van der Waals surface area (Å²) in [4.78, 5) is 2.56.